The maximum Gasteiger partial charge on any atom is 0.138 e. The van der Waals surface area contributed by atoms with Gasteiger partial charge in [0.05, 0.1) is 79.3 Å². The maximum atomic E-state index is 8.75. The zero-order valence-electron chi connectivity index (χ0n) is 27.2. The first-order valence-corrected chi connectivity index (χ1v) is 16.1. The number of methoxy groups -OCH3 is 1. The van der Waals surface area contributed by atoms with Gasteiger partial charge in [-0.15, -0.1) is 0 Å². The van der Waals surface area contributed by atoms with Crippen LogP contribution in [0.1, 0.15) is 30.5 Å². The van der Waals surface area contributed by atoms with E-state index >= 15 is 0 Å². The van der Waals surface area contributed by atoms with Crippen molar-refractivity contribution in [2.24, 2.45) is 0 Å². The van der Waals surface area contributed by atoms with Gasteiger partial charge in [0.1, 0.15) is 34.7 Å². The van der Waals surface area contributed by atoms with Crippen molar-refractivity contribution in [1.29, 1.82) is 0 Å². The van der Waals surface area contributed by atoms with Gasteiger partial charge in [-0.3, -0.25) is 0 Å². The highest BCUT2D eigenvalue weighted by Gasteiger charge is 2.18. The number of rotatable bonds is 22. The minimum absolute atomic E-state index is 0.0172. The summed E-state index contributed by atoms with van der Waals surface area (Å²) in [7, 11) is 1.65. The third kappa shape index (κ3) is 8.57. The Bertz CT molecular complexity index is 1550. The van der Waals surface area contributed by atoms with Gasteiger partial charge >= 0.3 is 0 Å². The number of benzene rings is 3. The number of hydrogen-bond acceptors (Lipinski definition) is 10. The smallest absolute Gasteiger partial charge is 0.138 e. The Labute approximate surface area is 269 Å². The van der Waals surface area contributed by atoms with Crippen LogP contribution in [0.15, 0.2) is 45.2 Å². The minimum Gasteiger partial charge on any atom is -0.491 e. The van der Waals surface area contributed by atoms with Crippen molar-refractivity contribution in [3.8, 4) is 5.75 Å². The molecule has 0 amide bonds. The first-order valence-electron chi connectivity index (χ1n) is 16.1. The summed E-state index contributed by atoms with van der Waals surface area (Å²) in [5, 5.41) is 12.8. The zero-order valence-corrected chi connectivity index (χ0v) is 27.2. The molecule has 10 heteroatoms. The molecule has 5 aromatic rings. The third-order valence-corrected chi connectivity index (χ3v) is 7.76. The summed E-state index contributed by atoms with van der Waals surface area (Å²) in [6, 6.07) is 12.6. The summed E-state index contributed by atoms with van der Waals surface area (Å²) in [6.45, 7) is 10.1. The number of fused-ring (bicyclic) bond motifs is 6. The van der Waals surface area contributed by atoms with Crippen molar-refractivity contribution in [2.45, 2.75) is 33.3 Å². The molecule has 2 aromatic heterocycles. The molecule has 0 radical (unpaired) electrons. The third-order valence-electron chi connectivity index (χ3n) is 7.76. The molecule has 10 nitrogen and oxygen atoms in total. The Morgan fingerprint density at radius 1 is 0.543 bits per heavy atom. The van der Waals surface area contributed by atoms with Crippen LogP contribution in [0.5, 0.6) is 5.75 Å². The first kappa shape index (κ1) is 34.1. The largest absolute Gasteiger partial charge is 0.491 e. The van der Waals surface area contributed by atoms with Crippen LogP contribution in [0.2, 0.25) is 0 Å². The zero-order chi connectivity index (χ0) is 32.1. The van der Waals surface area contributed by atoms with Crippen LogP contribution in [0, 0.1) is 0 Å². The standard InChI is InChI=1S/C36H46O10/c1-4-26-18-25(24-43-15-14-41-11-10-39-7-6-37)19-31-29-22-34-30(23-33(29)45-35(26)31)32-21-28(20-27(5-2)36(32)46-34)44-17-16-42-13-12-40-9-8-38-3/h18-23,37H,4-17,24H2,1-3H3. The molecule has 46 heavy (non-hydrogen) atoms. The number of aliphatic hydroxyl groups is 1. The van der Waals surface area contributed by atoms with E-state index in [2.05, 4.69) is 38.1 Å². The maximum absolute atomic E-state index is 8.75. The molecule has 0 aliphatic heterocycles. The lowest BCUT2D eigenvalue weighted by molar-refractivity contribution is 0.00451. The van der Waals surface area contributed by atoms with Crippen molar-refractivity contribution in [3.05, 3.63) is 53.1 Å². The summed E-state index contributed by atoms with van der Waals surface area (Å²) < 4.78 is 51.7. The van der Waals surface area contributed by atoms with E-state index in [1.165, 1.54) is 0 Å². The fourth-order valence-electron chi connectivity index (χ4n) is 5.49. The van der Waals surface area contributed by atoms with Gasteiger partial charge in [0.2, 0.25) is 0 Å². The molecule has 250 valence electrons. The fraction of sp³-hybridized carbons (Fsp3) is 0.500. The summed E-state index contributed by atoms with van der Waals surface area (Å²) in [4.78, 5) is 0. The van der Waals surface area contributed by atoms with Crippen molar-refractivity contribution in [1.82, 2.24) is 0 Å². The van der Waals surface area contributed by atoms with E-state index in [4.69, 9.17) is 47.1 Å². The van der Waals surface area contributed by atoms with Gasteiger partial charge in [-0.05, 0) is 65.9 Å². The Balaban J connectivity index is 1.29. The van der Waals surface area contributed by atoms with Crippen molar-refractivity contribution in [3.63, 3.8) is 0 Å². The monoisotopic (exact) mass is 638 g/mol. The van der Waals surface area contributed by atoms with Gasteiger partial charge in [-0.25, -0.2) is 0 Å². The summed E-state index contributed by atoms with van der Waals surface area (Å²) in [6.07, 6.45) is 1.65. The predicted octanol–water partition coefficient (Wildman–Crippen LogP) is 6.21. The van der Waals surface area contributed by atoms with Crippen LogP contribution >= 0.6 is 0 Å². The average molecular weight is 639 g/mol. The second kappa shape index (κ2) is 17.6. The Kier molecular flexibility index (Phi) is 13.1. The number of hydrogen-bond donors (Lipinski definition) is 1. The Morgan fingerprint density at radius 2 is 1.07 bits per heavy atom. The van der Waals surface area contributed by atoms with Crippen LogP contribution in [0.25, 0.3) is 43.9 Å². The van der Waals surface area contributed by atoms with E-state index in [1.807, 2.05) is 12.1 Å². The van der Waals surface area contributed by atoms with E-state index in [1.54, 1.807) is 7.11 Å². The molecule has 0 atom stereocenters. The molecule has 0 fully saturated rings. The number of aryl methyl sites for hydroxylation is 2. The molecular weight excluding hydrogens is 592 g/mol. The summed E-state index contributed by atoms with van der Waals surface area (Å²) in [5.41, 5.74) is 6.71. The lowest BCUT2D eigenvalue weighted by Gasteiger charge is -2.09. The van der Waals surface area contributed by atoms with E-state index < -0.39 is 0 Å². The highest BCUT2D eigenvalue weighted by molar-refractivity contribution is 6.15. The summed E-state index contributed by atoms with van der Waals surface area (Å²) in [5.74, 6) is 0.787. The quantitative estimate of drug-likeness (QED) is 0.0879. The molecule has 0 saturated carbocycles. The highest BCUT2D eigenvalue weighted by atomic mass is 16.6. The summed E-state index contributed by atoms with van der Waals surface area (Å²) >= 11 is 0. The Morgan fingerprint density at radius 3 is 1.65 bits per heavy atom. The molecule has 3 aromatic carbocycles. The van der Waals surface area contributed by atoms with Crippen molar-refractivity contribution < 1.29 is 47.1 Å². The van der Waals surface area contributed by atoms with E-state index in [9.17, 15) is 0 Å². The molecule has 5 rings (SSSR count). The Hall–Kier alpha value is -3.22. The first-order chi connectivity index (χ1) is 22.7. The molecule has 0 aliphatic carbocycles. The second-order valence-electron chi connectivity index (χ2n) is 10.9. The van der Waals surface area contributed by atoms with Crippen LogP contribution in [0.4, 0.5) is 0 Å². The molecular formula is C36H46O10. The topological polar surface area (TPSA) is 111 Å². The average Bonchev–Trinajstić information content (AvgIpc) is 3.62. The van der Waals surface area contributed by atoms with Crippen LogP contribution in [0.3, 0.4) is 0 Å². The van der Waals surface area contributed by atoms with Gasteiger partial charge in [-0.1, -0.05) is 13.8 Å². The lowest BCUT2D eigenvalue weighted by atomic mass is 10.0. The van der Waals surface area contributed by atoms with Crippen molar-refractivity contribution >= 4 is 43.9 Å². The number of furan rings is 2. The molecule has 0 unspecified atom stereocenters. The molecule has 2 heterocycles. The lowest BCUT2D eigenvalue weighted by Crippen LogP contribution is -2.12. The van der Waals surface area contributed by atoms with Crippen LogP contribution in [-0.2, 0) is 47.9 Å². The van der Waals surface area contributed by atoms with E-state index in [-0.39, 0.29) is 6.61 Å². The van der Waals surface area contributed by atoms with Gasteiger partial charge in [-0.2, -0.15) is 0 Å². The number of ether oxygens (including phenoxy) is 7. The normalized spacial score (nSPS) is 12.0. The number of aliphatic hydroxyl groups excluding tert-OH is 1. The van der Waals surface area contributed by atoms with E-state index in [0.717, 1.165) is 79.2 Å². The minimum atomic E-state index is 0.0172. The predicted molar refractivity (Wildman–Crippen MR) is 177 cm³/mol. The molecule has 0 saturated heterocycles. The van der Waals surface area contributed by atoms with Crippen molar-refractivity contribution in [2.75, 3.05) is 86.4 Å². The SMILES string of the molecule is CCc1cc(COCCOCCOCCO)cc2c1oc1cc3c(cc12)oc1c(CC)cc(OCCOCCOCCOC)cc13. The fourth-order valence-corrected chi connectivity index (χ4v) is 5.49. The molecule has 0 spiro atoms. The van der Waals surface area contributed by atoms with Gasteiger partial charge in [0.15, 0.2) is 0 Å². The van der Waals surface area contributed by atoms with Gasteiger partial charge < -0.3 is 47.1 Å². The molecule has 0 bridgehead atoms. The van der Waals surface area contributed by atoms with Crippen LogP contribution < -0.4 is 4.74 Å². The molecule has 1 N–H and O–H groups in total. The van der Waals surface area contributed by atoms with E-state index in [0.29, 0.717) is 79.3 Å². The van der Waals surface area contributed by atoms with Gasteiger partial charge in [0.25, 0.3) is 0 Å². The van der Waals surface area contributed by atoms with Gasteiger partial charge in [0, 0.05) is 28.7 Å². The van der Waals surface area contributed by atoms with Crippen LogP contribution in [-0.4, -0.2) is 91.5 Å². The second-order valence-corrected chi connectivity index (χ2v) is 10.9. The highest BCUT2D eigenvalue weighted by Crippen LogP contribution is 2.40. The molecule has 0 aliphatic rings.